The maximum absolute atomic E-state index is 12.9. The minimum absolute atomic E-state index is 0.290. The van der Waals surface area contributed by atoms with E-state index in [1.165, 1.54) is 24.3 Å². The minimum atomic E-state index is -0.732. The van der Waals surface area contributed by atoms with Crippen molar-refractivity contribution in [3.8, 4) is 17.2 Å². The molecule has 0 radical (unpaired) electrons. The second kappa shape index (κ2) is 8.37. The Hall–Kier alpha value is -2.76. The number of carbonyl (C=O) groups is 1. The summed E-state index contributed by atoms with van der Waals surface area (Å²) in [7, 11) is 3.15. The maximum atomic E-state index is 12.9. The van der Waals surface area contributed by atoms with E-state index in [9.17, 15) is 9.18 Å². The Bertz CT molecular complexity index is 718. The molecule has 134 valence electrons. The quantitative estimate of drug-likeness (QED) is 0.833. The van der Waals surface area contributed by atoms with Gasteiger partial charge in [0, 0.05) is 5.56 Å². The summed E-state index contributed by atoms with van der Waals surface area (Å²) in [6, 6.07) is 10.6. The second-order valence-electron chi connectivity index (χ2n) is 5.55. The Labute approximate surface area is 146 Å². The largest absolute Gasteiger partial charge is 0.497 e. The molecule has 0 bridgehead atoms. The molecule has 0 aliphatic carbocycles. The fourth-order valence-corrected chi connectivity index (χ4v) is 2.36. The zero-order valence-corrected chi connectivity index (χ0v) is 14.7. The summed E-state index contributed by atoms with van der Waals surface area (Å²) < 4.78 is 29.0. The fourth-order valence-electron chi connectivity index (χ4n) is 2.36. The fraction of sp³-hybridized carbons (Fsp3) is 0.316. The summed E-state index contributed by atoms with van der Waals surface area (Å²) in [4.78, 5) is 12.4. The third-order valence-corrected chi connectivity index (χ3v) is 3.76. The van der Waals surface area contributed by atoms with Crippen molar-refractivity contribution < 1.29 is 23.4 Å². The molecule has 0 saturated heterocycles. The van der Waals surface area contributed by atoms with E-state index in [-0.39, 0.29) is 17.8 Å². The molecule has 25 heavy (non-hydrogen) atoms. The average Bonchev–Trinajstić information content (AvgIpc) is 2.62. The highest BCUT2D eigenvalue weighted by atomic mass is 19.1. The van der Waals surface area contributed by atoms with E-state index < -0.39 is 6.10 Å². The number of nitrogens with one attached hydrogen (secondary N) is 1. The first-order valence-electron chi connectivity index (χ1n) is 7.89. The summed E-state index contributed by atoms with van der Waals surface area (Å²) >= 11 is 0. The lowest BCUT2D eigenvalue weighted by Crippen LogP contribution is -2.37. The summed E-state index contributed by atoms with van der Waals surface area (Å²) in [5.74, 6) is 1.11. The number of halogens is 1. The molecule has 0 aromatic heterocycles. The van der Waals surface area contributed by atoms with Crippen LogP contribution in [0.4, 0.5) is 4.39 Å². The van der Waals surface area contributed by atoms with E-state index in [2.05, 4.69) is 5.32 Å². The third kappa shape index (κ3) is 4.86. The molecule has 2 aromatic carbocycles. The number of rotatable bonds is 7. The van der Waals surface area contributed by atoms with E-state index in [4.69, 9.17) is 14.2 Å². The van der Waals surface area contributed by atoms with Gasteiger partial charge < -0.3 is 19.5 Å². The number of methoxy groups -OCH3 is 2. The van der Waals surface area contributed by atoms with E-state index in [1.807, 2.05) is 13.0 Å². The van der Waals surface area contributed by atoms with Crippen molar-refractivity contribution in [1.82, 2.24) is 5.32 Å². The highest BCUT2D eigenvalue weighted by Crippen LogP contribution is 2.29. The maximum Gasteiger partial charge on any atom is 0.261 e. The summed E-state index contributed by atoms with van der Waals surface area (Å²) in [6.07, 6.45) is -0.732. The molecule has 2 aromatic rings. The van der Waals surface area contributed by atoms with Crippen LogP contribution in [0.3, 0.4) is 0 Å². The van der Waals surface area contributed by atoms with Crippen molar-refractivity contribution >= 4 is 5.91 Å². The molecule has 2 rings (SSSR count). The molecule has 1 N–H and O–H groups in total. The van der Waals surface area contributed by atoms with Crippen LogP contribution in [0.25, 0.3) is 0 Å². The lowest BCUT2D eigenvalue weighted by molar-refractivity contribution is -0.127. The van der Waals surface area contributed by atoms with Gasteiger partial charge in [0.15, 0.2) is 6.10 Å². The van der Waals surface area contributed by atoms with Crippen molar-refractivity contribution in [2.24, 2.45) is 0 Å². The zero-order valence-electron chi connectivity index (χ0n) is 14.7. The lowest BCUT2D eigenvalue weighted by Gasteiger charge is -2.21. The Morgan fingerprint density at radius 1 is 1.00 bits per heavy atom. The SMILES string of the molecule is COc1ccc(OC)c(C(C)NC(=O)C(C)Oc2ccc(F)cc2)c1. The van der Waals surface area contributed by atoms with Crippen LogP contribution in [-0.4, -0.2) is 26.2 Å². The van der Waals surface area contributed by atoms with Crippen LogP contribution >= 0.6 is 0 Å². The highest BCUT2D eigenvalue weighted by molar-refractivity contribution is 5.81. The van der Waals surface area contributed by atoms with Crippen molar-refractivity contribution in [2.45, 2.75) is 26.0 Å². The first-order chi connectivity index (χ1) is 11.9. The predicted molar refractivity (Wildman–Crippen MR) is 92.6 cm³/mol. The van der Waals surface area contributed by atoms with Gasteiger partial charge in [0.1, 0.15) is 23.1 Å². The topological polar surface area (TPSA) is 56.8 Å². The number of carbonyl (C=O) groups excluding carboxylic acids is 1. The number of hydrogen-bond acceptors (Lipinski definition) is 4. The van der Waals surface area contributed by atoms with Gasteiger partial charge in [0.2, 0.25) is 0 Å². The van der Waals surface area contributed by atoms with Crippen molar-refractivity contribution in [3.05, 3.63) is 53.8 Å². The van der Waals surface area contributed by atoms with Gasteiger partial charge in [0.25, 0.3) is 5.91 Å². The predicted octanol–water partition coefficient (Wildman–Crippen LogP) is 3.49. The standard InChI is InChI=1S/C19H22FNO4/c1-12(17-11-16(23-3)9-10-18(17)24-4)21-19(22)13(2)25-15-7-5-14(20)6-8-15/h5-13H,1-4H3,(H,21,22). The van der Waals surface area contributed by atoms with Gasteiger partial charge in [-0.15, -0.1) is 0 Å². The van der Waals surface area contributed by atoms with Crippen LogP contribution < -0.4 is 19.5 Å². The van der Waals surface area contributed by atoms with Gasteiger partial charge in [-0.3, -0.25) is 4.79 Å². The van der Waals surface area contributed by atoms with Crippen molar-refractivity contribution in [3.63, 3.8) is 0 Å². The van der Waals surface area contributed by atoms with Crippen molar-refractivity contribution in [2.75, 3.05) is 14.2 Å². The van der Waals surface area contributed by atoms with Gasteiger partial charge in [0.05, 0.1) is 20.3 Å². The Morgan fingerprint density at radius 2 is 1.64 bits per heavy atom. The summed E-state index contributed by atoms with van der Waals surface area (Å²) in [5, 5.41) is 2.88. The lowest BCUT2D eigenvalue weighted by atomic mass is 10.1. The summed E-state index contributed by atoms with van der Waals surface area (Å²) in [6.45, 7) is 3.48. The Morgan fingerprint density at radius 3 is 2.24 bits per heavy atom. The monoisotopic (exact) mass is 347 g/mol. The van der Waals surface area contributed by atoms with E-state index in [0.29, 0.717) is 17.2 Å². The number of amides is 1. The molecule has 6 heteroatoms. The Kier molecular flexibility index (Phi) is 6.22. The smallest absolute Gasteiger partial charge is 0.261 e. The van der Waals surface area contributed by atoms with Gasteiger partial charge in [-0.1, -0.05) is 0 Å². The molecule has 0 spiro atoms. The molecule has 0 aliphatic heterocycles. The second-order valence-corrected chi connectivity index (χ2v) is 5.55. The molecular weight excluding hydrogens is 325 g/mol. The van der Waals surface area contributed by atoms with Crippen LogP contribution in [0, 0.1) is 5.82 Å². The third-order valence-electron chi connectivity index (χ3n) is 3.76. The van der Waals surface area contributed by atoms with Gasteiger partial charge in [-0.2, -0.15) is 0 Å². The first kappa shape index (κ1) is 18.6. The molecule has 0 saturated carbocycles. The number of hydrogen-bond donors (Lipinski definition) is 1. The van der Waals surface area contributed by atoms with Crippen LogP contribution in [0.5, 0.6) is 17.2 Å². The Balaban J connectivity index is 2.05. The van der Waals surface area contributed by atoms with Crippen LogP contribution in [-0.2, 0) is 4.79 Å². The average molecular weight is 347 g/mol. The van der Waals surface area contributed by atoms with Crippen LogP contribution in [0.15, 0.2) is 42.5 Å². The zero-order chi connectivity index (χ0) is 18.4. The van der Waals surface area contributed by atoms with E-state index in [0.717, 1.165) is 5.56 Å². The molecule has 2 atom stereocenters. The van der Waals surface area contributed by atoms with Crippen LogP contribution in [0.1, 0.15) is 25.5 Å². The molecule has 2 unspecified atom stereocenters. The molecule has 0 heterocycles. The first-order valence-corrected chi connectivity index (χ1v) is 7.89. The highest BCUT2D eigenvalue weighted by Gasteiger charge is 2.20. The molecule has 1 amide bonds. The molecular formula is C19H22FNO4. The van der Waals surface area contributed by atoms with Gasteiger partial charge in [-0.25, -0.2) is 4.39 Å². The molecule has 0 aliphatic rings. The van der Waals surface area contributed by atoms with Gasteiger partial charge >= 0.3 is 0 Å². The molecule has 5 nitrogen and oxygen atoms in total. The van der Waals surface area contributed by atoms with Crippen molar-refractivity contribution in [1.29, 1.82) is 0 Å². The summed E-state index contributed by atoms with van der Waals surface area (Å²) in [5.41, 5.74) is 0.796. The van der Waals surface area contributed by atoms with E-state index >= 15 is 0 Å². The van der Waals surface area contributed by atoms with Gasteiger partial charge in [-0.05, 0) is 56.3 Å². The normalized spacial score (nSPS) is 12.8. The minimum Gasteiger partial charge on any atom is -0.497 e. The van der Waals surface area contributed by atoms with Crippen LogP contribution in [0.2, 0.25) is 0 Å². The molecule has 0 fully saturated rings. The van der Waals surface area contributed by atoms with E-state index in [1.54, 1.807) is 33.3 Å². The number of ether oxygens (including phenoxy) is 3. The number of benzene rings is 2.